The molecule has 3 rings (SSSR count). The van der Waals surface area contributed by atoms with E-state index in [1.54, 1.807) is 0 Å². The predicted molar refractivity (Wildman–Crippen MR) is 76.3 cm³/mol. The van der Waals surface area contributed by atoms with E-state index < -0.39 is 0 Å². The van der Waals surface area contributed by atoms with Crippen molar-refractivity contribution in [1.82, 2.24) is 10.1 Å². The van der Waals surface area contributed by atoms with Crippen LogP contribution in [0.15, 0.2) is 22.7 Å². The van der Waals surface area contributed by atoms with Crippen LogP contribution in [0.4, 0.5) is 0 Å². The molecular formula is C15H19N3O3. The van der Waals surface area contributed by atoms with Crippen molar-refractivity contribution < 1.29 is 14.0 Å². The van der Waals surface area contributed by atoms with Gasteiger partial charge in [-0.1, -0.05) is 18.1 Å². The number of hydrogen-bond donors (Lipinski definition) is 1. The number of rotatable bonds is 6. The highest BCUT2D eigenvalue weighted by Gasteiger charge is 2.18. The predicted octanol–water partition coefficient (Wildman–Crippen LogP) is 2.19. The van der Waals surface area contributed by atoms with E-state index in [9.17, 15) is 0 Å². The summed E-state index contributed by atoms with van der Waals surface area (Å²) in [6, 6.07) is 5.65. The number of hydrogen-bond acceptors (Lipinski definition) is 6. The van der Waals surface area contributed by atoms with Crippen molar-refractivity contribution in [2.75, 3.05) is 13.2 Å². The maximum atomic E-state index is 5.99. The van der Waals surface area contributed by atoms with Gasteiger partial charge in [-0.15, -0.1) is 0 Å². The molecule has 2 N–H and O–H groups in total. The fraction of sp³-hybridized carbons (Fsp3) is 0.467. The van der Waals surface area contributed by atoms with E-state index in [0.717, 1.165) is 12.0 Å². The minimum atomic E-state index is -0.369. The lowest BCUT2D eigenvalue weighted by Gasteiger charge is -2.06. The summed E-state index contributed by atoms with van der Waals surface area (Å²) in [5.41, 5.74) is 9.26. The summed E-state index contributed by atoms with van der Waals surface area (Å²) < 4.78 is 16.1. The van der Waals surface area contributed by atoms with Crippen LogP contribution in [0.5, 0.6) is 0 Å². The molecule has 1 unspecified atom stereocenters. The Kier molecular flexibility index (Phi) is 4.28. The summed E-state index contributed by atoms with van der Waals surface area (Å²) in [5.74, 6) is 0.948. The fourth-order valence-electron chi connectivity index (χ4n) is 2.24. The molecule has 0 aliphatic carbocycles. The third-order valence-corrected chi connectivity index (χ3v) is 3.39. The molecule has 0 spiro atoms. The molecule has 21 heavy (non-hydrogen) atoms. The largest absolute Gasteiger partial charge is 0.379 e. The van der Waals surface area contributed by atoms with Crippen molar-refractivity contribution in [3.05, 3.63) is 35.2 Å². The summed E-state index contributed by atoms with van der Waals surface area (Å²) >= 11 is 0. The normalized spacial score (nSPS) is 15.1. The monoisotopic (exact) mass is 289 g/mol. The first kappa shape index (κ1) is 14.2. The number of nitrogens with two attached hydrogens (primary N) is 1. The molecule has 2 aromatic rings. The summed E-state index contributed by atoms with van der Waals surface area (Å²) in [7, 11) is 0. The van der Waals surface area contributed by atoms with Gasteiger partial charge in [0.05, 0.1) is 25.9 Å². The molecule has 0 bridgehead atoms. The van der Waals surface area contributed by atoms with Gasteiger partial charge < -0.3 is 19.7 Å². The molecule has 1 aliphatic rings. The molecule has 1 aromatic carbocycles. The Morgan fingerprint density at radius 2 is 2.19 bits per heavy atom. The van der Waals surface area contributed by atoms with Gasteiger partial charge in [0, 0.05) is 12.2 Å². The van der Waals surface area contributed by atoms with E-state index in [1.165, 1.54) is 11.1 Å². The first-order chi connectivity index (χ1) is 10.3. The van der Waals surface area contributed by atoms with Gasteiger partial charge in [-0.3, -0.25) is 0 Å². The molecule has 0 fully saturated rings. The zero-order chi connectivity index (χ0) is 14.7. The fourth-order valence-corrected chi connectivity index (χ4v) is 2.24. The molecule has 6 nitrogen and oxygen atoms in total. The highest BCUT2D eigenvalue weighted by atomic mass is 16.5. The van der Waals surface area contributed by atoms with Crippen LogP contribution in [-0.2, 0) is 22.7 Å². The maximum Gasteiger partial charge on any atom is 0.257 e. The van der Waals surface area contributed by atoms with E-state index in [4.69, 9.17) is 19.7 Å². The van der Waals surface area contributed by atoms with Crippen LogP contribution in [-0.4, -0.2) is 23.4 Å². The first-order valence-corrected chi connectivity index (χ1v) is 7.14. The van der Waals surface area contributed by atoms with Gasteiger partial charge >= 0.3 is 0 Å². The molecule has 1 atom stereocenters. The van der Waals surface area contributed by atoms with E-state index in [0.29, 0.717) is 38.1 Å². The highest BCUT2D eigenvalue weighted by Crippen LogP contribution is 2.26. The minimum Gasteiger partial charge on any atom is -0.379 e. The lowest BCUT2D eigenvalue weighted by atomic mass is 10.1. The van der Waals surface area contributed by atoms with E-state index in [-0.39, 0.29) is 6.04 Å². The molecule has 2 heterocycles. The Morgan fingerprint density at radius 3 is 3.05 bits per heavy atom. The smallest absolute Gasteiger partial charge is 0.257 e. The van der Waals surface area contributed by atoms with Crippen molar-refractivity contribution >= 4 is 0 Å². The van der Waals surface area contributed by atoms with Crippen molar-refractivity contribution in [2.45, 2.75) is 32.6 Å². The van der Waals surface area contributed by atoms with Gasteiger partial charge in [-0.25, -0.2) is 0 Å². The summed E-state index contributed by atoms with van der Waals surface area (Å²) in [6.45, 7) is 4.43. The van der Waals surface area contributed by atoms with Gasteiger partial charge in [-0.05, 0) is 29.7 Å². The summed E-state index contributed by atoms with van der Waals surface area (Å²) in [4.78, 5) is 4.36. The molecular weight excluding hydrogens is 270 g/mol. The SMILES string of the molecule is CCCOCC(N)c1noc(-c2ccc3c(c2)COC3)n1. The van der Waals surface area contributed by atoms with Gasteiger partial charge in [0.15, 0.2) is 5.82 Å². The second-order valence-corrected chi connectivity index (χ2v) is 5.12. The van der Waals surface area contributed by atoms with Gasteiger partial charge in [0.2, 0.25) is 0 Å². The highest BCUT2D eigenvalue weighted by molar-refractivity contribution is 5.56. The van der Waals surface area contributed by atoms with E-state index in [1.807, 2.05) is 18.2 Å². The molecule has 1 aliphatic heterocycles. The lowest BCUT2D eigenvalue weighted by Crippen LogP contribution is -2.18. The first-order valence-electron chi connectivity index (χ1n) is 7.14. The topological polar surface area (TPSA) is 83.4 Å². The second-order valence-electron chi connectivity index (χ2n) is 5.12. The van der Waals surface area contributed by atoms with Crippen molar-refractivity contribution in [1.29, 1.82) is 0 Å². The summed E-state index contributed by atoms with van der Waals surface area (Å²) in [5, 5.41) is 3.94. The molecule has 112 valence electrons. The van der Waals surface area contributed by atoms with Crippen molar-refractivity contribution in [2.24, 2.45) is 5.73 Å². The van der Waals surface area contributed by atoms with Crippen LogP contribution in [0.2, 0.25) is 0 Å². The van der Waals surface area contributed by atoms with Crippen LogP contribution >= 0.6 is 0 Å². The standard InChI is InChI=1S/C15H19N3O3/c1-2-5-19-9-13(16)14-17-15(21-18-14)10-3-4-11-7-20-8-12(11)6-10/h3-4,6,13H,2,5,7-9,16H2,1H3. The van der Waals surface area contributed by atoms with E-state index >= 15 is 0 Å². The van der Waals surface area contributed by atoms with Gasteiger partial charge in [0.25, 0.3) is 5.89 Å². The third-order valence-electron chi connectivity index (χ3n) is 3.39. The van der Waals surface area contributed by atoms with Crippen LogP contribution < -0.4 is 5.73 Å². The molecule has 0 saturated heterocycles. The van der Waals surface area contributed by atoms with Crippen molar-refractivity contribution in [3.63, 3.8) is 0 Å². The summed E-state index contributed by atoms with van der Waals surface area (Å²) in [6.07, 6.45) is 0.960. The zero-order valence-electron chi connectivity index (χ0n) is 12.0. The van der Waals surface area contributed by atoms with Gasteiger partial charge in [0.1, 0.15) is 0 Å². The molecule has 0 saturated carbocycles. The molecule has 6 heteroatoms. The zero-order valence-corrected chi connectivity index (χ0v) is 12.0. The Hall–Kier alpha value is -1.76. The molecule has 1 aromatic heterocycles. The van der Waals surface area contributed by atoms with Crippen LogP contribution in [0.1, 0.15) is 36.3 Å². The molecule has 0 amide bonds. The maximum absolute atomic E-state index is 5.99. The number of nitrogens with zero attached hydrogens (tertiary/aromatic N) is 2. The number of ether oxygens (including phenoxy) is 2. The number of aromatic nitrogens is 2. The number of fused-ring (bicyclic) bond motifs is 1. The average molecular weight is 289 g/mol. The van der Waals surface area contributed by atoms with Crippen LogP contribution in [0.3, 0.4) is 0 Å². The van der Waals surface area contributed by atoms with Crippen LogP contribution in [0.25, 0.3) is 11.5 Å². The van der Waals surface area contributed by atoms with Crippen molar-refractivity contribution in [3.8, 4) is 11.5 Å². The Balaban J connectivity index is 1.72. The minimum absolute atomic E-state index is 0.369. The average Bonchev–Trinajstić information content (AvgIpc) is 3.15. The quantitative estimate of drug-likeness (QED) is 0.821. The van der Waals surface area contributed by atoms with Crippen LogP contribution in [0, 0.1) is 0 Å². The Morgan fingerprint density at radius 1 is 1.33 bits per heavy atom. The number of benzene rings is 1. The molecule has 0 radical (unpaired) electrons. The second kappa shape index (κ2) is 6.34. The van der Waals surface area contributed by atoms with E-state index in [2.05, 4.69) is 17.1 Å². The Bertz CT molecular complexity index is 612. The Labute approximate surface area is 123 Å². The van der Waals surface area contributed by atoms with Gasteiger partial charge in [-0.2, -0.15) is 4.98 Å². The third kappa shape index (κ3) is 3.12. The lowest BCUT2D eigenvalue weighted by molar-refractivity contribution is 0.119.